The van der Waals surface area contributed by atoms with Crippen LogP contribution in [-0.2, 0) is 17.8 Å². The third-order valence-corrected chi connectivity index (χ3v) is 6.93. The average molecular weight is 554 g/mol. The van der Waals surface area contributed by atoms with Crippen LogP contribution in [0, 0.1) is 17.6 Å². The minimum Gasteiger partial charge on any atom is -0.444 e. The van der Waals surface area contributed by atoms with Crippen molar-refractivity contribution in [1.82, 2.24) is 19.4 Å². The van der Waals surface area contributed by atoms with Gasteiger partial charge in [0.1, 0.15) is 11.2 Å². The highest BCUT2D eigenvalue weighted by molar-refractivity contribution is 6.33. The summed E-state index contributed by atoms with van der Waals surface area (Å²) in [6.45, 7) is 7.62. The Labute approximate surface area is 230 Å². The second-order valence-electron chi connectivity index (χ2n) is 10.8. The van der Waals surface area contributed by atoms with E-state index < -0.39 is 17.2 Å². The molecule has 204 valence electrons. The van der Waals surface area contributed by atoms with Crippen molar-refractivity contribution in [2.24, 2.45) is 5.92 Å². The first-order valence-corrected chi connectivity index (χ1v) is 13.2. The van der Waals surface area contributed by atoms with Gasteiger partial charge in [-0.15, -0.1) is 0 Å². The zero-order valence-corrected chi connectivity index (χ0v) is 22.8. The lowest BCUT2D eigenvalue weighted by molar-refractivity contribution is 0.0287. The van der Waals surface area contributed by atoms with Crippen molar-refractivity contribution in [2.75, 3.05) is 18.4 Å². The predicted octanol–water partition coefficient (Wildman–Crippen LogP) is 6.90. The fourth-order valence-corrected chi connectivity index (χ4v) is 5.00. The van der Waals surface area contributed by atoms with E-state index in [-0.39, 0.29) is 18.6 Å². The molecule has 0 aliphatic carbocycles. The maximum atomic E-state index is 13.6. The van der Waals surface area contributed by atoms with Crippen LogP contribution in [0.1, 0.15) is 32.8 Å². The number of nitrogens with zero attached hydrogens (tertiary/aromatic N) is 4. The van der Waals surface area contributed by atoms with Crippen molar-refractivity contribution in [3.63, 3.8) is 0 Å². The van der Waals surface area contributed by atoms with E-state index in [0.29, 0.717) is 41.8 Å². The molecule has 10 heteroatoms. The van der Waals surface area contributed by atoms with E-state index in [1.165, 1.54) is 6.07 Å². The smallest absolute Gasteiger partial charge is 0.410 e. The number of hydrogen-bond donors (Lipinski definition) is 1. The molecule has 1 amide bonds. The molecular formula is C29H30ClF2N5O2. The van der Waals surface area contributed by atoms with Crippen LogP contribution in [0.4, 0.5) is 19.5 Å². The zero-order valence-electron chi connectivity index (χ0n) is 22.0. The summed E-state index contributed by atoms with van der Waals surface area (Å²) in [6.07, 6.45) is 2.25. The molecule has 0 radical (unpaired) electrons. The molecule has 2 aromatic heterocycles. The SMILES string of the molecule is CC(C)(C)OC(=O)N1CC[C@@H](Cn2c(-c3ccccc3Cl)cc3cnc(NCc4ccc(F)c(F)c4)nc32)C1. The van der Waals surface area contributed by atoms with E-state index in [1.807, 2.05) is 51.1 Å². The third-order valence-electron chi connectivity index (χ3n) is 6.60. The summed E-state index contributed by atoms with van der Waals surface area (Å²) < 4.78 is 34.6. The second kappa shape index (κ2) is 10.8. The maximum absolute atomic E-state index is 13.6. The summed E-state index contributed by atoms with van der Waals surface area (Å²) in [5.41, 5.74) is 2.50. The lowest BCUT2D eigenvalue weighted by atomic mass is 10.1. The molecule has 39 heavy (non-hydrogen) atoms. The molecule has 0 saturated carbocycles. The van der Waals surface area contributed by atoms with Crippen molar-refractivity contribution in [2.45, 2.75) is 45.9 Å². The van der Waals surface area contributed by atoms with Gasteiger partial charge in [0.2, 0.25) is 5.95 Å². The Bertz CT molecular complexity index is 1520. The Morgan fingerprint density at radius 3 is 2.69 bits per heavy atom. The molecular weight excluding hydrogens is 524 g/mol. The number of ether oxygens (including phenoxy) is 1. The van der Waals surface area contributed by atoms with Gasteiger partial charge in [-0.1, -0.05) is 35.9 Å². The minimum absolute atomic E-state index is 0.183. The number of nitrogens with one attached hydrogen (secondary N) is 1. The van der Waals surface area contributed by atoms with Crippen LogP contribution in [0.15, 0.2) is 54.7 Å². The van der Waals surface area contributed by atoms with Gasteiger partial charge in [-0.3, -0.25) is 0 Å². The van der Waals surface area contributed by atoms with Gasteiger partial charge < -0.3 is 19.5 Å². The molecule has 0 unspecified atom stereocenters. The van der Waals surface area contributed by atoms with Crippen LogP contribution in [0.2, 0.25) is 5.02 Å². The first-order valence-electron chi connectivity index (χ1n) is 12.8. The second-order valence-corrected chi connectivity index (χ2v) is 11.2. The monoisotopic (exact) mass is 553 g/mol. The molecule has 7 nitrogen and oxygen atoms in total. The first-order chi connectivity index (χ1) is 18.6. The van der Waals surface area contributed by atoms with E-state index >= 15 is 0 Å². The molecule has 2 aromatic carbocycles. The summed E-state index contributed by atoms with van der Waals surface area (Å²) in [4.78, 5) is 23.6. The minimum atomic E-state index is -0.902. The number of amides is 1. The number of hydrogen-bond acceptors (Lipinski definition) is 5. The molecule has 4 aromatic rings. The van der Waals surface area contributed by atoms with E-state index in [9.17, 15) is 13.6 Å². The fraction of sp³-hybridized carbons (Fsp3) is 0.345. The van der Waals surface area contributed by atoms with Crippen molar-refractivity contribution >= 4 is 34.7 Å². The Balaban J connectivity index is 1.43. The van der Waals surface area contributed by atoms with Crippen LogP contribution in [0.3, 0.4) is 0 Å². The number of halogens is 3. The number of carbonyl (C=O) groups is 1. The van der Waals surface area contributed by atoms with Crippen LogP contribution in [0.25, 0.3) is 22.3 Å². The standard InChI is InChI=1S/C29H30ClF2N5O2/c1-29(2,3)39-28(38)36-11-10-19(16-36)17-37-25(21-6-4-5-7-22(21)30)13-20-15-34-27(35-26(20)37)33-14-18-8-9-23(31)24(32)12-18/h4-9,12-13,15,19H,10-11,14,16-17H2,1-3H3,(H,33,34,35)/t19-/m1/s1. The van der Waals surface area contributed by atoms with Gasteiger partial charge in [0, 0.05) is 48.3 Å². The molecule has 5 rings (SSSR count). The normalized spacial score (nSPS) is 15.6. The first kappa shape index (κ1) is 26.9. The molecule has 1 N–H and O–H groups in total. The van der Waals surface area contributed by atoms with Gasteiger partial charge in [0.25, 0.3) is 0 Å². The van der Waals surface area contributed by atoms with Gasteiger partial charge >= 0.3 is 6.09 Å². The topological polar surface area (TPSA) is 72.3 Å². The zero-order chi connectivity index (χ0) is 27.7. The summed E-state index contributed by atoms with van der Waals surface area (Å²) in [7, 11) is 0. The van der Waals surface area contributed by atoms with E-state index in [0.717, 1.165) is 35.2 Å². The summed E-state index contributed by atoms with van der Waals surface area (Å²) >= 11 is 6.59. The number of rotatable bonds is 6. The van der Waals surface area contributed by atoms with Crippen LogP contribution < -0.4 is 5.32 Å². The van der Waals surface area contributed by atoms with Crippen molar-refractivity contribution in [3.05, 3.63) is 76.9 Å². The predicted molar refractivity (Wildman–Crippen MR) is 148 cm³/mol. The number of likely N-dealkylation sites (tertiary alicyclic amines) is 1. The summed E-state index contributed by atoms with van der Waals surface area (Å²) in [6, 6.07) is 13.4. The van der Waals surface area contributed by atoms with Crippen molar-refractivity contribution in [3.8, 4) is 11.3 Å². The molecule has 1 fully saturated rings. The molecule has 0 bridgehead atoms. The summed E-state index contributed by atoms with van der Waals surface area (Å²) in [5.74, 6) is -1.25. The number of fused-ring (bicyclic) bond motifs is 1. The fourth-order valence-electron chi connectivity index (χ4n) is 4.76. The Hall–Kier alpha value is -3.72. The van der Waals surface area contributed by atoms with Gasteiger partial charge in [0.05, 0.1) is 5.69 Å². The van der Waals surface area contributed by atoms with E-state index in [2.05, 4.69) is 14.9 Å². The number of benzene rings is 2. The van der Waals surface area contributed by atoms with Crippen molar-refractivity contribution in [1.29, 1.82) is 0 Å². The highest BCUT2D eigenvalue weighted by Crippen LogP contribution is 2.34. The Kier molecular flexibility index (Phi) is 7.44. The van der Waals surface area contributed by atoms with Crippen LogP contribution >= 0.6 is 11.6 Å². The highest BCUT2D eigenvalue weighted by atomic mass is 35.5. The lowest BCUT2D eigenvalue weighted by Gasteiger charge is -2.24. The quantitative estimate of drug-likeness (QED) is 0.281. The Morgan fingerprint density at radius 2 is 1.95 bits per heavy atom. The molecule has 1 aliphatic heterocycles. The number of carbonyl (C=O) groups excluding carboxylic acids is 1. The van der Waals surface area contributed by atoms with Gasteiger partial charge in [-0.25, -0.2) is 18.6 Å². The highest BCUT2D eigenvalue weighted by Gasteiger charge is 2.31. The molecule has 0 spiro atoms. The van der Waals surface area contributed by atoms with E-state index in [4.69, 9.17) is 21.3 Å². The summed E-state index contributed by atoms with van der Waals surface area (Å²) in [5, 5.41) is 4.56. The largest absolute Gasteiger partial charge is 0.444 e. The third kappa shape index (κ3) is 6.14. The van der Waals surface area contributed by atoms with Gasteiger partial charge in [-0.2, -0.15) is 4.98 Å². The average Bonchev–Trinajstić information content (AvgIpc) is 3.49. The lowest BCUT2D eigenvalue weighted by Crippen LogP contribution is -2.35. The van der Waals surface area contributed by atoms with E-state index in [1.54, 1.807) is 11.1 Å². The van der Waals surface area contributed by atoms with Crippen LogP contribution in [0.5, 0.6) is 0 Å². The molecule has 3 heterocycles. The maximum Gasteiger partial charge on any atom is 0.410 e. The number of anilines is 1. The molecule has 1 aliphatic rings. The van der Waals surface area contributed by atoms with Gasteiger partial charge in [0.15, 0.2) is 11.6 Å². The van der Waals surface area contributed by atoms with Crippen LogP contribution in [-0.4, -0.2) is 44.2 Å². The molecule has 1 saturated heterocycles. The Morgan fingerprint density at radius 1 is 1.15 bits per heavy atom. The number of aromatic nitrogens is 3. The van der Waals surface area contributed by atoms with Gasteiger partial charge in [-0.05, 0) is 62.9 Å². The molecule has 1 atom stereocenters. The van der Waals surface area contributed by atoms with Crippen molar-refractivity contribution < 1.29 is 18.3 Å².